The highest BCUT2D eigenvalue weighted by Crippen LogP contribution is 2.34. The number of carbonyl (C=O) groups excluding carboxylic acids is 2. The van der Waals surface area contributed by atoms with Crippen molar-refractivity contribution in [3.63, 3.8) is 0 Å². The van der Waals surface area contributed by atoms with E-state index in [1.165, 1.54) is 38.5 Å². The van der Waals surface area contributed by atoms with E-state index in [0.29, 0.717) is 22.8 Å². The number of hydrogen-bond donors (Lipinski definition) is 2. The average molecular weight is 465 g/mol. The smallest absolute Gasteiger partial charge is 0.418 e. The number of aromatic nitrogens is 1. The average Bonchev–Trinajstić information content (AvgIpc) is 3.19. The summed E-state index contributed by atoms with van der Waals surface area (Å²) >= 11 is 1.09. The third-order valence-corrected chi connectivity index (χ3v) is 5.07. The van der Waals surface area contributed by atoms with Crippen molar-refractivity contribution in [2.24, 2.45) is 0 Å². The minimum absolute atomic E-state index is 0.239. The first kappa shape index (κ1) is 23.1. The number of carbonyl (C=O) groups is 2. The first-order valence-electron chi connectivity index (χ1n) is 9.15. The van der Waals surface area contributed by atoms with Gasteiger partial charge in [-0.1, -0.05) is 12.1 Å². The molecular formula is C21H18F3N3O4S. The lowest BCUT2D eigenvalue weighted by molar-refractivity contribution is -0.137. The zero-order chi connectivity index (χ0) is 23.3. The molecular weight excluding hydrogens is 447 g/mol. The van der Waals surface area contributed by atoms with Gasteiger partial charge in [0.25, 0.3) is 5.91 Å². The Balaban J connectivity index is 1.64. The van der Waals surface area contributed by atoms with Crippen molar-refractivity contribution < 1.29 is 32.2 Å². The summed E-state index contributed by atoms with van der Waals surface area (Å²) < 4.78 is 49.5. The maximum Gasteiger partial charge on any atom is 0.418 e. The van der Waals surface area contributed by atoms with Crippen LogP contribution in [-0.2, 0) is 17.4 Å². The van der Waals surface area contributed by atoms with Crippen LogP contribution in [0.5, 0.6) is 11.5 Å². The van der Waals surface area contributed by atoms with E-state index in [4.69, 9.17) is 9.47 Å². The van der Waals surface area contributed by atoms with Crippen molar-refractivity contribution in [3.05, 3.63) is 64.7 Å². The summed E-state index contributed by atoms with van der Waals surface area (Å²) in [6, 6.07) is 9.35. The van der Waals surface area contributed by atoms with Crippen LogP contribution in [-0.4, -0.2) is 31.0 Å². The predicted octanol–water partition coefficient (Wildman–Crippen LogP) is 4.61. The van der Waals surface area contributed by atoms with Gasteiger partial charge in [-0.2, -0.15) is 13.2 Å². The Morgan fingerprint density at radius 2 is 1.75 bits per heavy atom. The van der Waals surface area contributed by atoms with Crippen LogP contribution in [0.4, 0.5) is 24.0 Å². The zero-order valence-corrected chi connectivity index (χ0v) is 17.8. The summed E-state index contributed by atoms with van der Waals surface area (Å²) in [4.78, 5) is 28.8. The molecule has 0 saturated carbocycles. The molecule has 0 fully saturated rings. The van der Waals surface area contributed by atoms with Crippen LogP contribution in [0.2, 0.25) is 0 Å². The second-order valence-corrected chi connectivity index (χ2v) is 7.29. The van der Waals surface area contributed by atoms with Gasteiger partial charge in [-0.3, -0.25) is 14.9 Å². The fraction of sp³-hybridized carbons (Fsp3) is 0.190. The molecule has 0 saturated heterocycles. The fourth-order valence-corrected chi connectivity index (χ4v) is 3.50. The van der Waals surface area contributed by atoms with Crippen LogP contribution in [0.1, 0.15) is 21.6 Å². The number of para-hydroxylation sites is 1. The van der Waals surface area contributed by atoms with E-state index >= 15 is 0 Å². The molecule has 0 unspecified atom stereocenters. The number of rotatable bonds is 7. The van der Waals surface area contributed by atoms with E-state index < -0.39 is 23.6 Å². The van der Waals surface area contributed by atoms with Crippen molar-refractivity contribution in [2.75, 3.05) is 24.9 Å². The van der Waals surface area contributed by atoms with Crippen molar-refractivity contribution in [2.45, 2.75) is 12.6 Å². The number of alkyl halides is 3. The van der Waals surface area contributed by atoms with Crippen LogP contribution in [0, 0.1) is 0 Å². The minimum atomic E-state index is -4.59. The molecule has 0 aliphatic heterocycles. The monoisotopic (exact) mass is 465 g/mol. The molecule has 11 heteroatoms. The number of hydrogen-bond acceptors (Lipinski definition) is 6. The predicted molar refractivity (Wildman–Crippen MR) is 113 cm³/mol. The number of ether oxygens (including phenoxy) is 2. The van der Waals surface area contributed by atoms with Crippen LogP contribution >= 0.6 is 11.3 Å². The highest BCUT2D eigenvalue weighted by molar-refractivity contribution is 7.14. The van der Waals surface area contributed by atoms with Gasteiger partial charge in [0.1, 0.15) is 0 Å². The number of nitrogens with zero attached hydrogens (tertiary/aromatic N) is 1. The minimum Gasteiger partial charge on any atom is -0.493 e. The first-order valence-corrected chi connectivity index (χ1v) is 10.0. The number of methoxy groups -OCH3 is 2. The van der Waals surface area contributed by atoms with Gasteiger partial charge in [-0.15, -0.1) is 11.3 Å². The summed E-state index contributed by atoms with van der Waals surface area (Å²) in [6.07, 6.45) is -4.85. The SMILES string of the molecule is COc1ccc(C(=O)Nc2nc(CC(=O)Nc3ccccc3C(F)(F)F)cs2)cc1OC. The molecule has 0 aliphatic rings. The van der Waals surface area contributed by atoms with Gasteiger partial charge in [0.15, 0.2) is 16.6 Å². The Morgan fingerprint density at radius 1 is 1.03 bits per heavy atom. The zero-order valence-electron chi connectivity index (χ0n) is 16.9. The topological polar surface area (TPSA) is 89.5 Å². The molecule has 0 spiro atoms. The molecule has 7 nitrogen and oxygen atoms in total. The third-order valence-electron chi connectivity index (χ3n) is 4.27. The molecule has 1 aromatic heterocycles. The Hall–Kier alpha value is -3.60. The Labute approximate surface area is 185 Å². The lowest BCUT2D eigenvalue weighted by atomic mass is 10.1. The van der Waals surface area contributed by atoms with Crippen LogP contribution in [0.25, 0.3) is 0 Å². The molecule has 2 aromatic carbocycles. The number of amides is 2. The maximum absolute atomic E-state index is 13.1. The van der Waals surface area contributed by atoms with Gasteiger partial charge in [-0.05, 0) is 30.3 Å². The van der Waals surface area contributed by atoms with E-state index in [-0.39, 0.29) is 17.2 Å². The van der Waals surface area contributed by atoms with Crippen molar-refractivity contribution >= 4 is 34.0 Å². The molecule has 1 heterocycles. The van der Waals surface area contributed by atoms with Gasteiger partial charge in [-0.25, -0.2) is 4.98 Å². The van der Waals surface area contributed by atoms with E-state index in [1.807, 2.05) is 0 Å². The second-order valence-electron chi connectivity index (χ2n) is 6.44. The number of thiazole rings is 1. The summed E-state index contributed by atoms with van der Waals surface area (Å²) in [7, 11) is 2.93. The van der Waals surface area contributed by atoms with Crippen LogP contribution in [0.15, 0.2) is 47.8 Å². The summed E-state index contributed by atoms with van der Waals surface area (Å²) in [5.74, 6) is -0.255. The molecule has 0 atom stereocenters. The quantitative estimate of drug-likeness (QED) is 0.532. The van der Waals surface area contributed by atoms with Crippen LogP contribution < -0.4 is 20.1 Å². The van der Waals surface area contributed by atoms with Crippen LogP contribution in [0.3, 0.4) is 0 Å². The largest absolute Gasteiger partial charge is 0.493 e. The second kappa shape index (κ2) is 9.69. The highest BCUT2D eigenvalue weighted by Gasteiger charge is 2.33. The van der Waals surface area contributed by atoms with E-state index in [0.717, 1.165) is 17.4 Å². The van der Waals surface area contributed by atoms with E-state index in [9.17, 15) is 22.8 Å². The highest BCUT2D eigenvalue weighted by atomic mass is 32.1. The lowest BCUT2D eigenvalue weighted by Gasteiger charge is -2.13. The molecule has 3 aromatic rings. The van der Waals surface area contributed by atoms with Crippen molar-refractivity contribution in [1.29, 1.82) is 0 Å². The van der Waals surface area contributed by atoms with Gasteiger partial charge in [0, 0.05) is 10.9 Å². The number of benzene rings is 2. The molecule has 0 bridgehead atoms. The standard InChI is InChI=1S/C21H18F3N3O4S/c1-30-16-8-7-12(9-17(16)31-2)19(29)27-20-25-13(11-32-20)10-18(28)26-15-6-4-3-5-14(15)21(22,23)24/h3-9,11H,10H2,1-2H3,(H,26,28)(H,25,27,29). The molecule has 2 N–H and O–H groups in total. The number of halogens is 3. The van der Waals surface area contributed by atoms with Gasteiger partial charge in [0.2, 0.25) is 5.91 Å². The van der Waals surface area contributed by atoms with Gasteiger partial charge >= 0.3 is 6.18 Å². The molecule has 32 heavy (non-hydrogen) atoms. The molecule has 0 radical (unpaired) electrons. The normalized spacial score (nSPS) is 11.0. The molecule has 0 aliphatic carbocycles. The molecule has 2 amide bonds. The van der Waals surface area contributed by atoms with Crippen molar-refractivity contribution in [1.82, 2.24) is 4.98 Å². The van der Waals surface area contributed by atoms with Gasteiger partial charge < -0.3 is 14.8 Å². The Morgan fingerprint density at radius 3 is 2.44 bits per heavy atom. The van der Waals surface area contributed by atoms with Gasteiger partial charge in [0.05, 0.1) is 37.6 Å². The Kier molecular flexibility index (Phi) is 6.98. The third kappa shape index (κ3) is 5.55. The van der Waals surface area contributed by atoms with Crippen molar-refractivity contribution in [3.8, 4) is 11.5 Å². The summed E-state index contributed by atoms with van der Waals surface area (Å²) in [5.41, 5.74) is -0.655. The number of nitrogens with one attached hydrogen (secondary N) is 2. The lowest BCUT2D eigenvalue weighted by Crippen LogP contribution is -2.18. The Bertz CT molecular complexity index is 1130. The summed E-state index contributed by atoms with van der Waals surface area (Å²) in [6.45, 7) is 0. The first-order chi connectivity index (χ1) is 15.2. The van der Waals surface area contributed by atoms with E-state index in [1.54, 1.807) is 17.5 Å². The summed E-state index contributed by atoms with van der Waals surface area (Å²) in [5, 5.41) is 6.65. The molecule has 3 rings (SSSR count). The molecule has 168 valence electrons. The fourth-order valence-electron chi connectivity index (χ4n) is 2.79. The maximum atomic E-state index is 13.1. The van der Waals surface area contributed by atoms with E-state index in [2.05, 4.69) is 15.6 Å². The number of anilines is 2.